The number of aromatic nitrogens is 4. The average molecular weight is 411 g/mol. The maximum absolute atomic E-state index is 5.85. The maximum atomic E-state index is 5.85. The first-order valence-electron chi connectivity index (χ1n) is 9.20. The fraction of sp³-hybridized carbons (Fsp3) is 0.300. The van der Waals surface area contributed by atoms with Gasteiger partial charge in [-0.15, -0.1) is 31.7 Å². The summed E-state index contributed by atoms with van der Waals surface area (Å²) in [6.45, 7) is 2.31. The van der Waals surface area contributed by atoms with Crippen molar-refractivity contribution in [3.8, 4) is 22.2 Å². The van der Waals surface area contributed by atoms with Crippen molar-refractivity contribution < 1.29 is 8.83 Å². The summed E-state index contributed by atoms with van der Waals surface area (Å²) < 4.78 is 11.6. The molecule has 4 aromatic rings. The molecular formula is C20H18N4O2S2. The highest BCUT2D eigenvalue weighted by Gasteiger charge is 2.21. The van der Waals surface area contributed by atoms with E-state index in [0.717, 1.165) is 29.2 Å². The van der Waals surface area contributed by atoms with Gasteiger partial charge in [0.15, 0.2) is 0 Å². The van der Waals surface area contributed by atoms with Crippen LogP contribution in [0.15, 0.2) is 50.5 Å². The second-order valence-electron chi connectivity index (χ2n) is 6.94. The third-order valence-electron chi connectivity index (χ3n) is 4.75. The first-order valence-corrected chi connectivity index (χ1v) is 11.0. The van der Waals surface area contributed by atoms with Gasteiger partial charge >= 0.3 is 0 Å². The molecule has 142 valence electrons. The third kappa shape index (κ3) is 3.62. The topological polar surface area (TPSA) is 77.8 Å². The Morgan fingerprint density at radius 1 is 1.07 bits per heavy atom. The molecule has 0 saturated heterocycles. The maximum Gasteiger partial charge on any atom is 0.277 e. The molecule has 0 aliphatic heterocycles. The van der Waals surface area contributed by atoms with Crippen LogP contribution in [-0.4, -0.2) is 20.4 Å². The lowest BCUT2D eigenvalue weighted by Gasteiger charge is -2.16. The minimum Gasteiger partial charge on any atom is -0.420 e. The van der Waals surface area contributed by atoms with E-state index in [1.807, 2.05) is 30.3 Å². The van der Waals surface area contributed by atoms with E-state index in [4.69, 9.17) is 8.83 Å². The van der Waals surface area contributed by atoms with E-state index in [9.17, 15) is 0 Å². The van der Waals surface area contributed by atoms with Crippen LogP contribution in [0.3, 0.4) is 0 Å². The molecule has 0 saturated carbocycles. The molecule has 3 heterocycles. The Bertz CT molecular complexity index is 1090. The Morgan fingerprint density at radius 2 is 1.93 bits per heavy atom. The molecular weight excluding hydrogens is 392 g/mol. The van der Waals surface area contributed by atoms with Gasteiger partial charge in [0, 0.05) is 10.4 Å². The molecule has 0 spiro atoms. The van der Waals surface area contributed by atoms with E-state index in [0.29, 0.717) is 28.6 Å². The molecule has 8 heteroatoms. The highest BCUT2D eigenvalue weighted by molar-refractivity contribution is 7.98. The Morgan fingerprint density at radius 3 is 2.82 bits per heavy atom. The molecule has 1 atom stereocenters. The van der Waals surface area contributed by atoms with Crippen LogP contribution in [0.1, 0.15) is 29.7 Å². The van der Waals surface area contributed by atoms with Crippen molar-refractivity contribution in [3.05, 3.63) is 52.7 Å². The van der Waals surface area contributed by atoms with E-state index < -0.39 is 0 Å². The summed E-state index contributed by atoms with van der Waals surface area (Å²) in [5, 5.41) is 17.1. The van der Waals surface area contributed by atoms with Crippen molar-refractivity contribution in [1.82, 2.24) is 20.4 Å². The van der Waals surface area contributed by atoms with Crippen molar-refractivity contribution in [2.24, 2.45) is 5.92 Å². The summed E-state index contributed by atoms with van der Waals surface area (Å²) in [4.78, 5) is 2.52. The van der Waals surface area contributed by atoms with Crippen molar-refractivity contribution in [3.63, 3.8) is 0 Å². The van der Waals surface area contributed by atoms with Crippen LogP contribution in [0.5, 0.6) is 0 Å². The molecule has 1 aliphatic rings. The van der Waals surface area contributed by atoms with Gasteiger partial charge in [-0.2, -0.15) is 0 Å². The second kappa shape index (κ2) is 7.52. The fourth-order valence-electron chi connectivity index (χ4n) is 3.31. The Labute approximate surface area is 170 Å². The van der Waals surface area contributed by atoms with Gasteiger partial charge in [-0.1, -0.05) is 36.9 Å². The van der Waals surface area contributed by atoms with Gasteiger partial charge in [0.25, 0.3) is 11.1 Å². The number of aryl methyl sites for hydroxylation is 1. The summed E-state index contributed by atoms with van der Waals surface area (Å²) in [6, 6.07) is 11.9. The SMILES string of the molecule is CC1CCc2sc(-c3nnc(SCc4nnc(-c5ccccc5)o4)o3)cc2C1. The molecule has 0 bridgehead atoms. The quantitative estimate of drug-likeness (QED) is 0.415. The molecule has 0 amide bonds. The van der Waals surface area contributed by atoms with Crippen molar-refractivity contribution >= 4 is 23.1 Å². The van der Waals surface area contributed by atoms with E-state index in [1.165, 1.54) is 28.6 Å². The highest BCUT2D eigenvalue weighted by atomic mass is 32.2. The second-order valence-corrected chi connectivity index (χ2v) is 9.00. The average Bonchev–Trinajstić information content (AvgIpc) is 3.45. The first kappa shape index (κ1) is 17.6. The summed E-state index contributed by atoms with van der Waals surface area (Å²) >= 11 is 3.17. The minimum atomic E-state index is 0.486. The molecule has 28 heavy (non-hydrogen) atoms. The van der Waals surface area contributed by atoms with Gasteiger partial charge < -0.3 is 8.83 Å². The minimum absolute atomic E-state index is 0.486. The number of thiophene rings is 1. The predicted octanol–water partition coefficient (Wildman–Crippen LogP) is 5.27. The van der Waals surface area contributed by atoms with Gasteiger partial charge in [0.1, 0.15) is 0 Å². The molecule has 6 nitrogen and oxygen atoms in total. The zero-order valence-corrected chi connectivity index (χ0v) is 16.9. The normalized spacial score (nSPS) is 16.2. The van der Waals surface area contributed by atoms with Crippen LogP contribution in [0.25, 0.3) is 22.2 Å². The van der Waals surface area contributed by atoms with Gasteiger partial charge in [-0.25, -0.2) is 0 Å². The molecule has 1 aliphatic carbocycles. The van der Waals surface area contributed by atoms with E-state index in [2.05, 4.69) is 33.4 Å². The molecule has 1 unspecified atom stereocenters. The van der Waals surface area contributed by atoms with Crippen LogP contribution >= 0.6 is 23.1 Å². The fourth-order valence-corrected chi connectivity index (χ4v) is 5.04. The predicted molar refractivity (Wildman–Crippen MR) is 108 cm³/mol. The summed E-state index contributed by atoms with van der Waals surface area (Å²) in [5.74, 6) is 2.87. The van der Waals surface area contributed by atoms with Gasteiger partial charge in [-0.05, 0) is 48.9 Å². The van der Waals surface area contributed by atoms with Gasteiger partial charge in [-0.3, -0.25) is 0 Å². The smallest absolute Gasteiger partial charge is 0.277 e. The standard InChI is InChI=1S/C20H18N4O2S2/c1-12-7-8-15-14(9-12)10-16(28-15)19-23-24-20(26-19)27-11-17-21-22-18(25-17)13-5-3-2-4-6-13/h2-6,10,12H,7-9,11H2,1H3. The van der Waals surface area contributed by atoms with Gasteiger partial charge in [0.2, 0.25) is 11.8 Å². The Kier molecular flexibility index (Phi) is 4.74. The number of hydrogen-bond donors (Lipinski definition) is 0. The summed E-state index contributed by atoms with van der Waals surface area (Å²) in [7, 11) is 0. The highest BCUT2D eigenvalue weighted by Crippen LogP contribution is 2.37. The summed E-state index contributed by atoms with van der Waals surface area (Å²) in [5.41, 5.74) is 2.34. The van der Waals surface area contributed by atoms with E-state index in [1.54, 1.807) is 11.3 Å². The van der Waals surface area contributed by atoms with Crippen LogP contribution in [0.4, 0.5) is 0 Å². The summed E-state index contributed by atoms with van der Waals surface area (Å²) in [6.07, 6.45) is 3.55. The number of benzene rings is 1. The molecule has 1 aromatic carbocycles. The Hall–Kier alpha value is -2.45. The van der Waals surface area contributed by atoms with Crippen molar-refractivity contribution in [2.75, 3.05) is 0 Å². The van der Waals surface area contributed by atoms with Crippen molar-refractivity contribution in [2.45, 2.75) is 37.2 Å². The molecule has 0 N–H and O–H groups in total. The molecule has 0 fully saturated rings. The van der Waals surface area contributed by atoms with E-state index >= 15 is 0 Å². The van der Waals surface area contributed by atoms with Crippen LogP contribution < -0.4 is 0 Å². The molecule has 3 aromatic heterocycles. The lowest BCUT2D eigenvalue weighted by molar-refractivity contribution is 0.465. The largest absolute Gasteiger partial charge is 0.420 e. The van der Waals surface area contributed by atoms with Gasteiger partial charge in [0.05, 0.1) is 10.6 Å². The lowest BCUT2D eigenvalue weighted by Crippen LogP contribution is -2.07. The van der Waals surface area contributed by atoms with E-state index in [-0.39, 0.29) is 0 Å². The number of rotatable bonds is 5. The zero-order valence-electron chi connectivity index (χ0n) is 15.3. The first-order chi connectivity index (χ1) is 13.7. The molecule has 0 radical (unpaired) electrons. The number of thioether (sulfide) groups is 1. The van der Waals surface area contributed by atoms with Crippen LogP contribution in [0, 0.1) is 5.92 Å². The monoisotopic (exact) mass is 410 g/mol. The van der Waals surface area contributed by atoms with Crippen LogP contribution in [0.2, 0.25) is 0 Å². The molecule has 5 rings (SSSR count). The Balaban J connectivity index is 1.26. The number of fused-ring (bicyclic) bond motifs is 1. The van der Waals surface area contributed by atoms with Crippen LogP contribution in [-0.2, 0) is 18.6 Å². The third-order valence-corrected chi connectivity index (χ3v) is 6.78. The number of hydrogen-bond acceptors (Lipinski definition) is 8. The zero-order chi connectivity index (χ0) is 18.9. The lowest BCUT2D eigenvalue weighted by atomic mass is 9.90. The number of nitrogens with zero attached hydrogens (tertiary/aromatic N) is 4. The van der Waals surface area contributed by atoms with Crippen molar-refractivity contribution in [1.29, 1.82) is 0 Å².